The molecule has 0 radical (unpaired) electrons. The molecule has 0 saturated carbocycles. The van der Waals surface area contributed by atoms with Crippen LogP contribution in [0.4, 0.5) is 14.5 Å². The summed E-state index contributed by atoms with van der Waals surface area (Å²) in [5.74, 6) is -2.20. The molecule has 1 aliphatic rings. The van der Waals surface area contributed by atoms with Gasteiger partial charge >= 0.3 is 0 Å². The van der Waals surface area contributed by atoms with E-state index in [-0.39, 0.29) is 54.3 Å². The van der Waals surface area contributed by atoms with Crippen LogP contribution in [0.2, 0.25) is 0 Å². The fourth-order valence-electron chi connectivity index (χ4n) is 3.35. The second-order valence-electron chi connectivity index (χ2n) is 7.30. The molecule has 4 aromatic rings. The molecular formula is C19H15F2N7O5. The highest BCUT2D eigenvalue weighted by Crippen LogP contribution is 2.27. The van der Waals surface area contributed by atoms with Crippen molar-refractivity contribution in [2.45, 2.75) is 19.2 Å². The number of hydrogen-bond donors (Lipinski definition) is 1. The maximum absolute atomic E-state index is 13.4. The Bertz CT molecular complexity index is 1410. The van der Waals surface area contributed by atoms with Gasteiger partial charge in [0.15, 0.2) is 29.8 Å². The summed E-state index contributed by atoms with van der Waals surface area (Å²) in [7, 11) is 1.45. The number of fused-ring (bicyclic) bond motifs is 2. The van der Waals surface area contributed by atoms with Gasteiger partial charge in [-0.15, -0.1) is 10.2 Å². The molecule has 0 fully saturated rings. The van der Waals surface area contributed by atoms with E-state index in [9.17, 15) is 23.5 Å². The normalized spacial score (nSPS) is 14.4. The molecule has 170 valence electrons. The van der Waals surface area contributed by atoms with Gasteiger partial charge in [-0.05, 0) is 17.3 Å². The van der Waals surface area contributed by atoms with Gasteiger partial charge in [-0.25, -0.2) is 13.8 Å². The zero-order valence-corrected chi connectivity index (χ0v) is 17.0. The van der Waals surface area contributed by atoms with Crippen molar-refractivity contribution in [3.8, 4) is 5.88 Å². The summed E-state index contributed by atoms with van der Waals surface area (Å²) >= 11 is 0. The number of nitrogens with zero attached hydrogens (tertiary/aromatic N) is 7. The number of amides is 1. The molecule has 1 N–H and O–H groups in total. The summed E-state index contributed by atoms with van der Waals surface area (Å²) in [5.41, 5.74) is -0.426. The topological polar surface area (TPSA) is 141 Å². The van der Waals surface area contributed by atoms with Gasteiger partial charge in [0, 0.05) is 18.5 Å². The van der Waals surface area contributed by atoms with Crippen LogP contribution in [0.1, 0.15) is 17.7 Å². The van der Waals surface area contributed by atoms with Crippen molar-refractivity contribution < 1.29 is 27.8 Å². The first-order chi connectivity index (χ1) is 15.8. The summed E-state index contributed by atoms with van der Waals surface area (Å²) in [5, 5.41) is 22.5. The van der Waals surface area contributed by atoms with Crippen molar-refractivity contribution in [2.24, 2.45) is 0 Å². The molecule has 4 heterocycles. The third-order valence-corrected chi connectivity index (χ3v) is 5.07. The maximum atomic E-state index is 13.4. The van der Waals surface area contributed by atoms with Crippen LogP contribution in [-0.2, 0) is 17.9 Å². The molecule has 14 heteroatoms. The number of benzene rings is 1. The molecular weight excluding hydrogens is 444 g/mol. The fraction of sp³-hybridized carbons (Fsp3) is 0.263. The molecule has 0 bridgehead atoms. The average molecular weight is 459 g/mol. The fourth-order valence-corrected chi connectivity index (χ4v) is 3.35. The summed E-state index contributed by atoms with van der Waals surface area (Å²) in [6, 6.07) is 3.25. The molecule has 3 aromatic heterocycles. The van der Waals surface area contributed by atoms with Crippen LogP contribution in [0.5, 0.6) is 5.88 Å². The monoisotopic (exact) mass is 459 g/mol. The van der Waals surface area contributed by atoms with Gasteiger partial charge in [-0.2, -0.15) is 4.80 Å². The lowest BCUT2D eigenvalue weighted by Gasteiger charge is -2.24. The van der Waals surface area contributed by atoms with Crippen LogP contribution in [-0.4, -0.2) is 54.4 Å². The van der Waals surface area contributed by atoms with E-state index in [1.807, 2.05) is 0 Å². The summed E-state index contributed by atoms with van der Waals surface area (Å²) in [6.45, 7) is -0.464. The Balaban J connectivity index is 1.33. The number of ether oxygens (including phenoxy) is 1. The van der Waals surface area contributed by atoms with Gasteiger partial charge in [-0.1, -0.05) is 0 Å². The quantitative estimate of drug-likeness (QED) is 0.449. The maximum Gasteiger partial charge on any atom is 0.281 e. The van der Waals surface area contributed by atoms with E-state index in [1.54, 1.807) is 0 Å². The van der Waals surface area contributed by atoms with Crippen LogP contribution in [0.3, 0.4) is 0 Å². The standard InChI is InChI=1S/C19H15F2N7O5/c1-26-16(30)7-32-18-17(26)19(31)27(8-22-18)6-15-23-25-28(24-15)5-12(29)14-3-9-2-10(20)11(21)4-13(9)33-14/h2-4,8,12,29H,5-7H2,1H3/t12-/m0/s1. The molecule has 1 aliphatic heterocycles. The minimum atomic E-state index is -1.23. The minimum absolute atomic E-state index is 0.00863. The van der Waals surface area contributed by atoms with Crippen molar-refractivity contribution in [1.82, 2.24) is 29.8 Å². The van der Waals surface area contributed by atoms with Crippen molar-refractivity contribution >= 4 is 22.6 Å². The highest BCUT2D eigenvalue weighted by molar-refractivity contribution is 5.96. The largest absolute Gasteiger partial charge is 0.466 e. The number of likely N-dealkylation sites (N-methyl/N-ethyl adjacent to an activating group) is 1. The Morgan fingerprint density at radius 3 is 2.82 bits per heavy atom. The Morgan fingerprint density at radius 2 is 2.00 bits per heavy atom. The highest BCUT2D eigenvalue weighted by Gasteiger charge is 2.27. The number of aliphatic hydroxyl groups excluding tert-OH is 1. The van der Waals surface area contributed by atoms with Crippen LogP contribution in [0, 0.1) is 11.6 Å². The smallest absolute Gasteiger partial charge is 0.281 e. The van der Waals surface area contributed by atoms with Gasteiger partial charge in [0.1, 0.15) is 23.8 Å². The van der Waals surface area contributed by atoms with Crippen molar-refractivity contribution in [3.63, 3.8) is 0 Å². The van der Waals surface area contributed by atoms with Gasteiger partial charge < -0.3 is 19.2 Å². The number of aromatic nitrogens is 6. The van der Waals surface area contributed by atoms with E-state index in [0.29, 0.717) is 5.39 Å². The predicted molar refractivity (Wildman–Crippen MR) is 105 cm³/mol. The molecule has 1 atom stereocenters. The van der Waals surface area contributed by atoms with Crippen LogP contribution < -0.4 is 15.2 Å². The number of rotatable bonds is 5. The number of halogens is 2. The van der Waals surface area contributed by atoms with Gasteiger partial charge in [0.25, 0.3) is 11.5 Å². The number of furan rings is 1. The number of tetrazole rings is 1. The lowest BCUT2D eigenvalue weighted by Crippen LogP contribution is -2.41. The second-order valence-corrected chi connectivity index (χ2v) is 7.30. The number of anilines is 1. The lowest BCUT2D eigenvalue weighted by molar-refractivity contribution is -0.121. The number of carbonyl (C=O) groups is 1. The molecule has 5 rings (SSSR count). The first kappa shape index (κ1) is 20.7. The molecule has 12 nitrogen and oxygen atoms in total. The van der Waals surface area contributed by atoms with Crippen LogP contribution in [0.25, 0.3) is 11.0 Å². The van der Waals surface area contributed by atoms with Crippen LogP contribution in [0.15, 0.2) is 33.7 Å². The predicted octanol–water partition coefficient (Wildman–Crippen LogP) is 0.391. The molecule has 1 aromatic carbocycles. The third kappa shape index (κ3) is 3.69. The third-order valence-electron chi connectivity index (χ3n) is 5.07. The molecule has 0 spiro atoms. The molecule has 33 heavy (non-hydrogen) atoms. The lowest BCUT2D eigenvalue weighted by atomic mass is 10.2. The number of carbonyl (C=O) groups excluding carboxylic acids is 1. The zero-order chi connectivity index (χ0) is 23.3. The zero-order valence-electron chi connectivity index (χ0n) is 17.0. The number of aliphatic hydroxyl groups is 1. The van der Waals surface area contributed by atoms with Gasteiger partial charge in [0.2, 0.25) is 5.88 Å². The number of hydrogen-bond acceptors (Lipinski definition) is 9. The summed E-state index contributed by atoms with van der Waals surface area (Å²) in [4.78, 5) is 30.9. The first-order valence-corrected chi connectivity index (χ1v) is 9.62. The minimum Gasteiger partial charge on any atom is -0.466 e. The van der Waals surface area contributed by atoms with E-state index in [2.05, 4.69) is 20.4 Å². The molecule has 0 saturated heterocycles. The summed E-state index contributed by atoms with van der Waals surface area (Å²) < 4.78 is 38.5. The Hall–Kier alpha value is -4.20. The van der Waals surface area contributed by atoms with Crippen molar-refractivity contribution in [1.29, 1.82) is 0 Å². The Morgan fingerprint density at radius 1 is 1.21 bits per heavy atom. The Labute approximate surface area is 182 Å². The summed E-state index contributed by atoms with van der Waals surface area (Å²) in [6.07, 6.45) is 0.0167. The SMILES string of the molecule is CN1C(=O)COc2ncn(Cc3nnn(C[C@H](O)c4cc5cc(F)c(F)cc5o4)n3)c(=O)c21. The van der Waals surface area contributed by atoms with E-state index < -0.39 is 23.3 Å². The van der Waals surface area contributed by atoms with Crippen molar-refractivity contribution in [2.75, 3.05) is 18.6 Å². The van der Waals surface area contributed by atoms with E-state index >= 15 is 0 Å². The van der Waals surface area contributed by atoms with Crippen LogP contribution >= 0.6 is 0 Å². The average Bonchev–Trinajstić information content (AvgIpc) is 3.39. The van der Waals surface area contributed by atoms with Crippen molar-refractivity contribution in [3.05, 3.63) is 58.1 Å². The van der Waals surface area contributed by atoms with Gasteiger partial charge in [0.05, 0.1) is 13.1 Å². The molecule has 0 aliphatic carbocycles. The van der Waals surface area contributed by atoms with E-state index in [0.717, 1.165) is 16.9 Å². The van der Waals surface area contributed by atoms with E-state index in [4.69, 9.17) is 9.15 Å². The first-order valence-electron chi connectivity index (χ1n) is 9.62. The highest BCUT2D eigenvalue weighted by atomic mass is 19.2. The second kappa shape index (κ2) is 7.74. The van der Waals surface area contributed by atoms with Gasteiger partial charge in [-0.3, -0.25) is 14.2 Å². The Kier molecular flexibility index (Phi) is 4.85. The molecule has 0 unspecified atom stereocenters. The van der Waals surface area contributed by atoms with E-state index in [1.165, 1.54) is 28.9 Å². The molecule has 1 amide bonds.